The molecule has 2 rings (SSSR count). The molecule has 0 radical (unpaired) electrons. The Morgan fingerprint density at radius 2 is 2.10 bits per heavy atom. The molecule has 0 unspecified atom stereocenters. The number of anilines is 1. The van der Waals surface area contributed by atoms with Gasteiger partial charge in [0.2, 0.25) is 10.0 Å². The van der Waals surface area contributed by atoms with Gasteiger partial charge in [-0.05, 0) is 24.1 Å². The van der Waals surface area contributed by atoms with Crippen LogP contribution in [-0.2, 0) is 10.0 Å². The highest BCUT2D eigenvalue weighted by atomic mass is 32.2. The normalized spacial score (nSPS) is 11.8. The number of rotatable bonds is 5. The van der Waals surface area contributed by atoms with Crippen molar-refractivity contribution in [3.05, 3.63) is 23.8 Å². The molecule has 1 heterocycles. The van der Waals surface area contributed by atoms with Crippen LogP contribution in [0.3, 0.4) is 0 Å². The van der Waals surface area contributed by atoms with Gasteiger partial charge in [-0.25, -0.2) is 13.4 Å². The number of carbonyl (C=O) groups excluding carboxylic acids is 1. The van der Waals surface area contributed by atoms with E-state index in [-0.39, 0.29) is 5.91 Å². The van der Waals surface area contributed by atoms with Gasteiger partial charge in [0.25, 0.3) is 5.91 Å². The number of nitrogens with one attached hydrogen (secondary N) is 2. The molecular weight excluding hydrogens is 310 g/mol. The zero-order chi connectivity index (χ0) is 15.6. The third kappa shape index (κ3) is 4.40. The minimum Gasteiger partial charge on any atom is -0.352 e. The van der Waals surface area contributed by atoms with Crippen LogP contribution >= 0.6 is 11.3 Å². The van der Waals surface area contributed by atoms with Gasteiger partial charge in [-0.2, -0.15) is 0 Å². The summed E-state index contributed by atoms with van der Waals surface area (Å²) < 4.78 is 25.5. The van der Waals surface area contributed by atoms with Gasteiger partial charge in [0.15, 0.2) is 5.13 Å². The highest BCUT2D eigenvalue weighted by Gasteiger charge is 2.11. The Bertz CT molecular complexity index is 766. The van der Waals surface area contributed by atoms with Gasteiger partial charge in [-0.1, -0.05) is 25.2 Å². The van der Waals surface area contributed by atoms with Gasteiger partial charge in [0.1, 0.15) is 0 Å². The highest BCUT2D eigenvalue weighted by Crippen LogP contribution is 2.27. The summed E-state index contributed by atoms with van der Waals surface area (Å²) in [5.74, 6) is 0.239. The molecule has 0 saturated carbocycles. The monoisotopic (exact) mass is 327 g/mol. The SMILES string of the molecule is CC(C)CNC(=O)c1ccc2nc(NS(C)(=O)=O)sc2c1. The van der Waals surface area contributed by atoms with Gasteiger partial charge < -0.3 is 5.32 Å². The topological polar surface area (TPSA) is 88.2 Å². The number of aromatic nitrogens is 1. The summed E-state index contributed by atoms with van der Waals surface area (Å²) in [6, 6.07) is 5.11. The van der Waals surface area contributed by atoms with Crippen molar-refractivity contribution < 1.29 is 13.2 Å². The van der Waals surface area contributed by atoms with E-state index in [4.69, 9.17) is 0 Å². The fourth-order valence-electron chi connectivity index (χ4n) is 1.67. The number of benzene rings is 1. The number of sulfonamides is 1. The second kappa shape index (κ2) is 5.98. The average molecular weight is 327 g/mol. The number of hydrogen-bond acceptors (Lipinski definition) is 5. The predicted molar refractivity (Wildman–Crippen MR) is 85.3 cm³/mol. The summed E-state index contributed by atoms with van der Waals surface area (Å²) in [7, 11) is -3.35. The number of thiazole rings is 1. The fourth-order valence-corrected chi connectivity index (χ4v) is 3.41. The lowest BCUT2D eigenvalue weighted by Gasteiger charge is -2.07. The molecule has 1 aromatic carbocycles. The van der Waals surface area contributed by atoms with E-state index in [0.29, 0.717) is 28.7 Å². The third-order valence-corrected chi connectivity index (χ3v) is 4.22. The summed E-state index contributed by atoms with van der Waals surface area (Å²) in [6.45, 7) is 4.66. The number of nitrogens with zero attached hydrogens (tertiary/aromatic N) is 1. The van der Waals surface area contributed by atoms with Gasteiger partial charge in [0, 0.05) is 12.1 Å². The van der Waals surface area contributed by atoms with E-state index >= 15 is 0 Å². The molecule has 0 spiro atoms. The maximum atomic E-state index is 12.0. The zero-order valence-corrected chi connectivity index (χ0v) is 13.6. The van der Waals surface area contributed by atoms with Gasteiger partial charge in [-0.15, -0.1) is 0 Å². The van der Waals surface area contributed by atoms with E-state index in [1.807, 2.05) is 13.8 Å². The van der Waals surface area contributed by atoms with Crippen molar-refractivity contribution in [2.24, 2.45) is 5.92 Å². The van der Waals surface area contributed by atoms with E-state index in [9.17, 15) is 13.2 Å². The van der Waals surface area contributed by atoms with Crippen LogP contribution in [0.15, 0.2) is 18.2 Å². The van der Waals surface area contributed by atoms with E-state index in [1.54, 1.807) is 18.2 Å². The van der Waals surface area contributed by atoms with Gasteiger partial charge in [0.05, 0.1) is 16.5 Å². The molecule has 1 aromatic heterocycles. The van der Waals surface area contributed by atoms with Crippen molar-refractivity contribution in [2.75, 3.05) is 17.5 Å². The van der Waals surface area contributed by atoms with E-state index < -0.39 is 10.0 Å². The number of fused-ring (bicyclic) bond motifs is 1. The molecule has 1 amide bonds. The van der Waals surface area contributed by atoms with Crippen LogP contribution in [0.25, 0.3) is 10.2 Å². The average Bonchev–Trinajstić information content (AvgIpc) is 2.74. The first-order chi connectivity index (χ1) is 9.74. The van der Waals surface area contributed by atoms with Crippen molar-refractivity contribution in [1.29, 1.82) is 0 Å². The second-order valence-corrected chi connectivity index (χ2v) is 7.96. The first-order valence-corrected chi connectivity index (χ1v) is 9.12. The van der Waals surface area contributed by atoms with E-state index in [2.05, 4.69) is 15.0 Å². The largest absolute Gasteiger partial charge is 0.352 e. The summed E-state index contributed by atoms with van der Waals surface area (Å²) >= 11 is 1.20. The number of hydrogen-bond donors (Lipinski definition) is 2. The second-order valence-electron chi connectivity index (χ2n) is 5.18. The molecule has 21 heavy (non-hydrogen) atoms. The van der Waals surface area contributed by atoms with E-state index in [0.717, 1.165) is 11.0 Å². The van der Waals surface area contributed by atoms with Crippen molar-refractivity contribution in [2.45, 2.75) is 13.8 Å². The highest BCUT2D eigenvalue weighted by molar-refractivity contribution is 7.92. The summed E-state index contributed by atoms with van der Waals surface area (Å²) in [4.78, 5) is 16.2. The molecule has 2 N–H and O–H groups in total. The van der Waals surface area contributed by atoms with Crippen molar-refractivity contribution >= 4 is 42.6 Å². The van der Waals surface area contributed by atoms with Gasteiger partial charge >= 0.3 is 0 Å². The molecular formula is C13H17N3O3S2. The lowest BCUT2D eigenvalue weighted by atomic mass is 10.2. The Morgan fingerprint density at radius 1 is 1.38 bits per heavy atom. The molecule has 0 fully saturated rings. The Morgan fingerprint density at radius 3 is 2.71 bits per heavy atom. The Kier molecular flexibility index (Phi) is 4.48. The van der Waals surface area contributed by atoms with Crippen LogP contribution in [0.4, 0.5) is 5.13 Å². The molecule has 0 saturated heterocycles. The first kappa shape index (κ1) is 15.7. The smallest absolute Gasteiger partial charge is 0.251 e. The fraction of sp³-hybridized carbons (Fsp3) is 0.385. The van der Waals surface area contributed by atoms with Gasteiger partial charge in [-0.3, -0.25) is 9.52 Å². The minimum absolute atomic E-state index is 0.142. The van der Waals surface area contributed by atoms with Crippen LogP contribution < -0.4 is 10.0 Å². The Balaban J connectivity index is 2.23. The molecule has 0 aliphatic heterocycles. The first-order valence-electron chi connectivity index (χ1n) is 6.41. The van der Waals surface area contributed by atoms with Crippen molar-refractivity contribution in [1.82, 2.24) is 10.3 Å². The van der Waals surface area contributed by atoms with Crippen LogP contribution in [-0.4, -0.2) is 32.1 Å². The van der Waals surface area contributed by atoms with Crippen LogP contribution in [0.1, 0.15) is 24.2 Å². The molecule has 0 aliphatic carbocycles. The lowest BCUT2D eigenvalue weighted by molar-refractivity contribution is 0.0949. The molecule has 0 bridgehead atoms. The molecule has 0 aliphatic rings. The quantitative estimate of drug-likeness (QED) is 0.880. The summed E-state index contributed by atoms with van der Waals surface area (Å²) in [5, 5.41) is 3.14. The summed E-state index contributed by atoms with van der Waals surface area (Å²) in [6.07, 6.45) is 1.07. The zero-order valence-electron chi connectivity index (χ0n) is 12.0. The molecule has 6 nitrogen and oxygen atoms in total. The van der Waals surface area contributed by atoms with E-state index in [1.165, 1.54) is 11.3 Å². The number of amides is 1. The third-order valence-electron chi connectivity index (χ3n) is 2.59. The van der Waals surface area contributed by atoms with Crippen LogP contribution in [0.2, 0.25) is 0 Å². The lowest BCUT2D eigenvalue weighted by Crippen LogP contribution is -2.27. The number of carbonyl (C=O) groups is 1. The standard InChI is InChI=1S/C13H17N3O3S2/c1-8(2)7-14-12(17)9-4-5-10-11(6-9)20-13(15-10)16-21(3,18)19/h4-6,8H,7H2,1-3H3,(H,14,17)(H,15,16). The van der Waals surface area contributed by atoms with Crippen LogP contribution in [0.5, 0.6) is 0 Å². The molecule has 8 heteroatoms. The Labute approximate surface area is 127 Å². The Hall–Kier alpha value is -1.67. The molecule has 114 valence electrons. The van der Waals surface area contributed by atoms with Crippen molar-refractivity contribution in [3.63, 3.8) is 0 Å². The molecule has 2 aromatic rings. The van der Waals surface area contributed by atoms with Crippen LogP contribution in [0, 0.1) is 5.92 Å². The maximum absolute atomic E-state index is 12.0. The maximum Gasteiger partial charge on any atom is 0.251 e. The predicted octanol–water partition coefficient (Wildman–Crippen LogP) is 2.05. The summed E-state index contributed by atoms with van der Waals surface area (Å²) in [5.41, 5.74) is 1.20. The molecule has 0 atom stereocenters. The van der Waals surface area contributed by atoms with Crippen molar-refractivity contribution in [3.8, 4) is 0 Å². The minimum atomic E-state index is -3.35.